The Bertz CT molecular complexity index is 507. The third-order valence-corrected chi connectivity index (χ3v) is 4.00. The first-order valence-corrected chi connectivity index (χ1v) is 6.22. The Morgan fingerprint density at radius 3 is 2.06 bits per heavy atom. The fourth-order valence-electron chi connectivity index (χ4n) is 2.75. The lowest BCUT2D eigenvalue weighted by molar-refractivity contribution is 0.106. The second kappa shape index (κ2) is 3.63. The number of fused-ring (bicyclic) bond motifs is 1. The van der Waals surface area contributed by atoms with Crippen LogP contribution in [0.3, 0.4) is 0 Å². The Morgan fingerprint density at radius 2 is 1.47 bits per heavy atom. The van der Waals surface area contributed by atoms with Crippen molar-refractivity contribution < 1.29 is 4.74 Å². The van der Waals surface area contributed by atoms with Gasteiger partial charge >= 0.3 is 0 Å². The van der Waals surface area contributed by atoms with E-state index in [0.29, 0.717) is 0 Å². The number of rotatable bonds is 0. The summed E-state index contributed by atoms with van der Waals surface area (Å²) in [6, 6.07) is 0. The molecular weight excluding hydrogens is 208 g/mol. The van der Waals surface area contributed by atoms with E-state index in [1.807, 2.05) is 0 Å². The highest BCUT2D eigenvalue weighted by molar-refractivity contribution is 5.77. The van der Waals surface area contributed by atoms with Crippen molar-refractivity contribution in [3.63, 3.8) is 0 Å². The van der Waals surface area contributed by atoms with E-state index < -0.39 is 0 Å². The summed E-state index contributed by atoms with van der Waals surface area (Å²) in [6.45, 7) is 17.2. The van der Waals surface area contributed by atoms with E-state index in [-0.39, 0.29) is 5.60 Å². The van der Waals surface area contributed by atoms with Gasteiger partial charge in [-0.15, -0.1) is 0 Å². The van der Waals surface area contributed by atoms with Crippen molar-refractivity contribution in [1.29, 1.82) is 0 Å². The fraction of sp³-hybridized carbons (Fsp3) is 0.500. The summed E-state index contributed by atoms with van der Waals surface area (Å²) in [4.78, 5) is 0. The lowest BCUT2D eigenvalue weighted by Crippen LogP contribution is -2.33. The van der Waals surface area contributed by atoms with Gasteiger partial charge in [-0.1, -0.05) is 6.58 Å². The standard InChI is InChI=1S/C16H22O/c1-9-8-16(6,7)17-15-13(5)11(3)10(2)12(4)14(9)15/h1,8H2,2-7H3. The zero-order valence-corrected chi connectivity index (χ0v) is 11.8. The van der Waals surface area contributed by atoms with Crippen LogP contribution < -0.4 is 4.74 Å². The number of hydrogen-bond donors (Lipinski definition) is 0. The molecule has 1 aliphatic heterocycles. The van der Waals surface area contributed by atoms with Gasteiger partial charge in [-0.05, 0) is 69.4 Å². The summed E-state index contributed by atoms with van der Waals surface area (Å²) in [5, 5.41) is 0. The Morgan fingerprint density at radius 1 is 0.941 bits per heavy atom. The lowest BCUT2D eigenvalue weighted by atomic mass is 9.83. The number of benzene rings is 1. The molecule has 0 aliphatic carbocycles. The summed E-state index contributed by atoms with van der Waals surface area (Å²) >= 11 is 0. The Balaban J connectivity index is 2.77. The van der Waals surface area contributed by atoms with Crippen LogP contribution in [0.15, 0.2) is 6.58 Å². The molecule has 0 saturated heterocycles. The number of hydrogen-bond acceptors (Lipinski definition) is 1. The molecule has 2 rings (SSSR count). The first-order valence-electron chi connectivity index (χ1n) is 6.22. The first-order chi connectivity index (χ1) is 7.74. The van der Waals surface area contributed by atoms with Gasteiger partial charge in [0.25, 0.3) is 0 Å². The summed E-state index contributed by atoms with van der Waals surface area (Å²) in [5.74, 6) is 1.05. The van der Waals surface area contributed by atoms with E-state index in [9.17, 15) is 0 Å². The smallest absolute Gasteiger partial charge is 0.131 e. The van der Waals surface area contributed by atoms with Crippen LogP contribution in [0.25, 0.3) is 5.57 Å². The van der Waals surface area contributed by atoms with Crippen molar-refractivity contribution in [3.8, 4) is 5.75 Å². The zero-order chi connectivity index (χ0) is 13.0. The Kier molecular flexibility index (Phi) is 2.61. The molecule has 0 N–H and O–H groups in total. The fourth-order valence-corrected chi connectivity index (χ4v) is 2.75. The van der Waals surface area contributed by atoms with Crippen LogP contribution >= 0.6 is 0 Å². The largest absolute Gasteiger partial charge is 0.487 e. The van der Waals surface area contributed by atoms with Gasteiger partial charge in [0.1, 0.15) is 11.4 Å². The van der Waals surface area contributed by atoms with Crippen molar-refractivity contribution in [3.05, 3.63) is 34.4 Å². The van der Waals surface area contributed by atoms with Crippen LogP contribution in [0.2, 0.25) is 0 Å². The molecule has 0 unspecified atom stereocenters. The molecule has 0 saturated carbocycles. The maximum absolute atomic E-state index is 6.18. The van der Waals surface area contributed by atoms with E-state index in [2.05, 4.69) is 48.1 Å². The van der Waals surface area contributed by atoms with Crippen LogP contribution in [-0.2, 0) is 0 Å². The molecule has 0 amide bonds. The molecule has 1 aromatic rings. The van der Waals surface area contributed by atoms with Crippen molar-refractivity contribution >= 4 is 5.57 Å². The summed E-state index contributed by atoms with van der Waals surface area (Å²) < 4.78 is 6.18. The third-order valence-electron chi connectivity index (χ3n) is 4.00. The first kappa shape index (κ1) is 12.2. The van der Waals surface area contributed by atoms with Gasteiger partial charge in [-0.25, -0.2) is 0 Å². The van der Waals surface area contributed by atoms with Gasteiger partial charge in [0.05, 0.1) is 0 Å². The normalized spacial score (nSPS) is 17.6. The van der Waals surface area contributed by atoms with E-state index in [1.54, 1.807) is 0 Å². The second-order valence-corrected chi connectivity index (χ2v) is 5.85. The molecule has 1 aliphatic rings. The molecule has 0 bridgehead atoms. The maximum Gasteiger partial charge on any atom is 0.131 e. The molecule has 0 fully saturated rings. The minimum atomic E-state index is -0.136. The molecule has 0 aromatic heterocycles. The molecule has 1 aromatic carbocycles. The van der Waals surface area contributed by atoms with Crippen molar-refractivity contribution in [2.75, 3.05) is 0 Å². The van der Waals surface area contributed by atoms with Crippen LogP contribution in [0.4, 0.5) is 0 Å². The molecule has 1 nitrogen and oxygen atoms in total. The molecule has 1 heterocycles. The Labute approximate surface area is 104 Å². The molecule has 1 heteroatoms. The van der Waals surface area contributed by atoms with Crippen LogP contribution in [0.1, 0.15) is 48.1 Å². The quantitative estimate of drug-likeness (QED) is 0.638. The zero-order valence-electron chi connectivity index (χ0n) is 11.8. The SMILES string of the molecule is C=C1CC(C)(C)Oc2c(C)c(C)c(C)c(C)c21. The highest BCUT2D eigenvalue weighted by Gasteiger charge is 2.32. The summed E-state index contributed by atoms with van der Waals surface area (Å²) in [6.07, 6.45) is 0.906. The predicted octanol–water partition coefficient (Wildman–Crippen LogP) is 4.49. The molecule has 92 valence electrons. The van der Waals surface area contributed by atoms with Crippen LogP contribution in [0, 0.1) is 27.7 Å². The third kappa shape index (κ3) is 1.78. The van der Waals surface area contributed by atoms with Crippen LogP contribution in [-0.4, -0.2) is 5.60 Å². The monoisotopic (exact) mass is 230 g/mol. The molecule has 0 radical (unpaired) electrons. The minimum absolute atomic E-state index is 0.136. The van der Waals surface area contributed by atoms with E-state index in [1.165, 1.54) is 33.4 Å². The van der Waals surface area contributed by atoms with Gasteiger partial charge < -0.3 is 4.74 Å². The molecule has 0 atom stereocenters. The topological polar surface area (TPSA) is 9.23 Å². The molecule has 0 spiro atoms. The van der Waals surface area contributed by atoms with E-state index >= 15 is 0 Å². The average molecular weight is 230 g/mol. The van der Waals surface area contributed by atoms with Gasteiger partial charge in [-0.3, -0.25) is 0 Å². The summed E-state index contributed by atoms with van der Waals surface area (Å²) in [7, 11) is 0. The highest BCUT2D eigenvalue weighted by Crippen LogP contribution is 2.45. The average Bonchev–Trinajstić information content (AvgIpc) is 2.21. The maximum atomic E-state index is 6.18. The minimum Gasteiger partial charge on any atom is -0.487 e. The van der Waals surface area contributed by atoms with E-state index in [4.69, 9.17) is 4.74 Å². The summed E-state index contributed by atoms with van der Waals surface area (Å²) in [5.41, 5.74) is 7.60. The predicted molar refractivity (Wildman–Crippen MR) is 73.7 cm³/mol. The second-order valence-electron chi connectivity index (χ2n) is 5.85. The van der Waals surface area contributed by atoms with Crippen molar-refractivity contribution in [2.24, 2.45) is 0 Å². The highest BCUT2D eigenvalue weighted by atomic mass is 16.5. The van der Waals surface area contributed by atoms with Gasteiger partial charge in [0.15, 0.2) is 0 Å². The van der Waals surface area contributed by atoms with Gasteiger partial charge in [-0.2, -0.15) is 0 Å². The molecular formula is C16H22O. The number of ether oxygens (including phenoxy) is 1. The van der Waals surface area contributed by atoms with E-state index in [0.717, 1.165) is 12.2 Å². The lowest BCUT2D eigenvalue weighted by Gasteiger charge is -2.36. The van der Waals surface area contributed by atoms with Gasteiger partial charge in [0.2, 0.25) is 0 Å². The van der Waals surface area contributed by atoms with Crippen LogP contribution in [0.5, 0.6) is 5.75 Å². The Hall–Kier alpha value is -1.24. The van der Waals surface area contributed by atoms with Crippen molar-refractivity contribution in [2.45, 2.75) is 53.6 Å². The van der Waals surface area contributed by atoms with Gasteiger partial charge in [0, 0.05) is 12.0 Å². The van der Waals surface area contributed by atoms with Crippen molar-refractivity contribution in [1.82, 2.24) is 0 Å². The molecule has 17 heavy (non-hydrogen) atoms.